The fourth-order valence-corrected chi connectivity index (χ4v) is 8.16. The van der Waals surface area contributed by atoms with Crippen LogP contribution < -0.4 is 0 Å². The van der Waals surface area contributed by atoms with Gasteiger partial charge in [-0.25, -0.2) is 0 Å². The molecule has 0 atom stereocenters. The number of carbonyl (C=O) groups excluding carboxylic acids is 1. The molecule has 0 bridgehead atoms. The Labute approximate surface area is 187 Å². The standard InChI is InChI=1S/C13H22NO2.C11H20N.Co.O/c1-7-14-12(3,4)8-11(16-10(2)15)9-13(14,5)6;1-6-12-10(2,3)8-7-9-11(12,4)5;;/h7,11H,1-2,8-9H2,3-6H3;6-7H,1,8-9H2,2-5H3;;. The molecule has 6 heteroatoms. The number of ether oxygens (including phenoxy) is 1. The van der Waals surface area contributed by atoms with E-state index in [1.165, 1.54) is 0 Å². The summed E-state index contributed by atoms with van der Waals surface area (Å²) in [5, 5.41) is 0.000442. The van der Waals surface area contributed by atoms with E-state index >= 15 is 0 Å². The summed E-state index contributed by atoms with van der Waals surface area (Å²) >= 11 is -1.65. The number of carbonyl (C=O) groups is 1. The first-order valence-corrected chi connectivity index (χ1v) is 12.6. The second kappa shape index (κ2) is 8.42. The summed E-state index contributed by atoms with van der Waals surface area (Å²) in [4.78, 5) is 17.2. The first kappa shape index (κ1) is 25.1. The predicted octanol–water partition coefficient (Wildman–Crippen LogP) is 5.66. The van der Waals surface area contributed by atoms with E-state index in [0.29, 0.717) is 0 Å². The summed E-state index contributed by atoms with van der Waals surface area (Å²) in [6, 6.07) is 0. The van der Waals surface area contributed by atoms with E-state index in [1.807, 2.05) is 12.4 Å². The van der Waals surface area contributed by atoms with Crippen LogP contribution in [0.15, 0.2) is 25.6 Å². The third kappa shape index (κ3) is 5.18. The van der Waals surface area contributed by atoms with Gasteiger partial charge in [-0.05, 0) is 0 Å². The van der Waals surface area contributed by atoms with Crippen LogP contribution in [-0.2, 0) is 27.0 Å². The van der Waals surface area contributed by atoms with Gasteiger partial charge in [-0.1, -0.05) is 0 Å². The Kier molecular flexibility index (Phi) is 7.05. The van der Waals surface area contributed by atoms with Crippen molar-refractivity contribution in [2.45, 2.75) is 120 Å². The Bertz CT molecular complexity index is 675. The second-order valence-electron chi connectivity index (χ2n) is 11.3. The van der Waals surface area contributed by atoms with Crippen molar-refractivity contribution in [2.24, 2.45) is 0 Å². The molecule has 30 heavy (non-hydrogen) atoms. The molecule has 2 aliphatic heterocycles. The number of piperidine rings is 2. The fourth-order valence-electron chi connectivity index (χ4n) is 5.96. The van der Waals surface area contributed by atoms with Crippen LogP contribution in [0, 0.1) is 0 Å². The van der Waals surface area contributed by atoms with Gasteiger partial charge in [-0.2, -0.15) is 0 Å². The monoisotopic (exact) mass is 465 g/mol. The first-order valence-electron chi connectivity index (χ1n) is 10.8. The van der Waals surface area contributed by atoms with E-state index in [9.17, 15) is 8.66 Å². The molecule has 0 unspecified atom stereocenters. The molecule has 5 nitrogen and oxygen atoms in total. The number of rotatable bonds is 6. The van der Waals surface area contributed by atoms with Crippen molar-refractivity contribution >= 4 is 5.97 Å². The van der Waals surface area contributed by atoms with Crippen LogP contribution >= 0.6 is 0 Å². The summed E-state index contributed by atoms with van der Waals surface area (Å²) < 4.78 is 19.0. The van der Waals surface area contributed by atoms with Gasteiger partial charge in [0.2, 0.25) is 0 Å². The maximum atomic E-state index is 13.2. The van der Waals surface area contributed by atoms with Gasteiger partial charge in [0, 0.05) is 0 Å². The van der Waals surface area contributed by atoms with Gasteiger partial charge in [0.15, 0.2) is 0 Å². The van der Waals surface area contributed by atoms with Crippen molar-refractivity contribution in [1.29, 1.82) is 0 Å². The molecule has 0 radical (unpaired) electrons. The minimum atomic E-state index is -1.65. The zero-order valence-corrected chi connectivity index (χ0v) is 21.3. The SMILES string of the molecule is C=CN1C(C)(C)CC(OC(=O)[CH2][Co](=[O])[CH]2CC(C)(C)N(C=C)C(C)(C)C2)CC1(C)C. The molecule has 2 fully saturated rings. The maximum absolute atomic E-state index is 13.2. The minimum absolute atomic E-state index is 0.000442. The molecule has 2 saturated heterocycles. The summed E-state index contributed by atoms with van der Waals surface area (Å²) in [7, 11) is 0. The summed E-state index contributed by atoms with van der Waals surface area (Å²) in [6.07, 6.45) is 6.64. The van der Waals surface area contributed by atoms with Crippen LogP contribution in [0.3, 0.4) is 0 Å². The number of esters is 1. The molecule has 2 rings (SSSR count). The fraction of sp³-hybridized carbons (Fsp3) is 0.792. The van der Waals surface area contributed by atoms with Crippen LogP contribution in [0.5, 0.6) is 0 Å². The molecular weight excluding hydrogens is 423 g/mol. The van der Waals surface area contributed by atoms with Crippen LogP contribution in [0.4, 0.5) is 0 Å². The zero-order chi connectivity index (χ0) is 23.1. The molecular formula is C24H42CoN2O3. The zero-order valence-electron chi connectivity index (χ0n) is 20.2. The first-order chi connectivity index (χ1) is 13.6. The molecule has 0 amide bonds. The Hall–Kier alpha value is -1.14. The van der Waals surface area contributed by atoms with E-state index in [0.717, 1.165) is 25.7 Å². The summed E-state index contributed by atoms with van der Waals surface area (Å²) in [5.74, 6) is -0.333. The van der Waals surface area contributed by atoms with Crippen molar-refractivity contribution in [2.75, 3.05) is 0 Å². The van der Waals surface area contributed by atoms with Crippen LogP contribution in [0.25, 0.3) is 0 Å². The van der Waals surface area contributed by atoms with Crippen molar-refractivity contribution in [3.63, 3.8) is 0 Å². The summed E-state index contributed by atoms with van der Waals surface area (Å²) in [5.41, 5.74) is -0.591. The molecule has 0 aromatic heterocycles. The third-order valence-corrected chi connectivity index (χ3v) is 8.70. The van der Waals surface area contributed by atoms with Crippen molar-refractivity contribution < 1.29 is 27.0 Å². The van der Waals surface area contributed by atoms with E-state index in [-0.39, 0.29) is 44.4 Å². The molecule has 0 aliphatic carbocycles. The van der Waals surface area contributed by atoms with Gasteiger partial charge in [0.1, 0.15) is 0 Å². The number of hydrogen-bond acceptors (Lipinski definition) is 5. The molecule has 175 valence electrons. The van der Waals surface area contributed by atoms with E-state index in [2.05, 4.69) is 78.3 Å². The Morgan fingerprint density at radius 2 is 1.23 bits per heavy atom. The molecule has 2 heterocycles. The normalized spacial score (nSPS) is 26.1. The average Bonchev–Trinajstić information content (AvgIpc) is 2.50. The van der Waals surface area contributed by atoms with Gasteiger partial charge >= 0.3 is 188 Å². The van der Waals surface area contributed by atoms with Gasteiger partial charge < -0.3 is 0 Å². The van der Waals surface area contributed by atoms with Crippen LogP contribution in [0.1, 0.15) is 81.1 Å². The third-order valence-electron chi connectivity index (χ3n) is 6.67. The molecule has 0 aromatic rings. The second-order valence-corrected chi connectivity index (χ2v) is 13.5. The molecule has 0 spiro atoms. The molecule has 0 aromatic carbocycles. The number of likely N-dealkylation sites (tertiary alicyclic amines) is 2. The predicted molar refractivity (Wildman–Crippen MR) is 118 cm³/mol. The van der Waals surface area contributed by atoms with Gasteiger partial charge in [0.05, 0.1) is 0 Å². The van der Waals surface area contributed by atoms with E-state index in [1.54, 1.807) is 0 Å². The topological polar surface area (TPSA) is 49.9 Å². The van der Waals surface area contributed by atoms with Gasteiger partial charge in [0.25, 0.3) is 0 Å². The summed E-state index contributed by atoms with van der Waals surface area (Å²) in [6.45, 7) is 25.1. The molecule has 2 aliphatic rings. The van der Waals surface area contributed by atoms with E-state index < -0.39 is 13.6 Å². The Morgan fingerprint density at radius 3 is 1.60 bits per heavy atom. The van der Waals surface area contributed by atoms with Gasteiger partial charge in [-0.15, -0.1) is 0 Å². The van der Waals surface area contributed by atoms with E-state index in [4.69, 9.17) is 4.74 Å². The van der Waals surface area contributed by atoms with Gasteiger partial charge in [-0.3, -0.25) is 0 Å². The molecule has 0 N–H and O–H groups in total. The molecule has 0 saturated carbocycles. The Balaban J connectivity index is 2.02. The Morgan fingerprint density at radius 1 is 0.867 bits per heavy atom. The number of hydrogen-bond donors (Lipinski definition) is 0. The average molecular weight is 466 g/mol. The van der Waals surface area contributed by atoms with Crippen molar-refractivity contribution in [3.8, 4) is 0 Å². The van der Waals surface area contributed by atoms with Crippen LogP contribution in [0.2, 0.25) is 10.2 Å². The number of nitrogens with zero attached hydrogens (tertiary/aromatic N) is 2. The van der Waals surface area contributed by atoms with Crippen LogP contribution in [-0.4, -0.2) is 44.0 Å². The van der Waals surface area contributed by atoms with Crippen molar-refractivity contribution in [1.82, 2.24) is 9.80 Å². The van der Waals surface area contributed by atoms with Crippen molar-refractivity contribution in [3.05, 3.63) is 25.6 Å². The quantitative estimate of drug-likeness (QED) is 0.474.